The maximum atomic E-state index is 14.4. The number of thiazole rings is 1. The minimum Gasteiger partial charge on any atom is -0.448 e. The number of hydrogen-bond donors (Lipinski definition) is 2. The van der Waals surface area contributed by atoms with Gasteiger partial charge < -0.3 is 10.1 Å². The van der Waals surface area contributed by atoms with Gasteiger partial charge in [0, 0.05) is 34.8 Å². The number of halogens is 2. The molecule has 0 spiro atoms. The molecule has 262 valence electrons. The normalized spacial score (nSPS) is 16.6. The van der Waals surface area contributed by atoms with E-state index in [-0.39, 0.29) is 23.3 Å². The van der Waals surface area contributed by atoms with Crippen molar-refractivity contribution in [1.29, 1.82) is 0 Å². The third-order valence-electron chi connectivity index (χ3n) is 8.12. The Morgan fingerprint density at radius 1 is 0.942 bits per heavy atom. The van der Waals surface area contributed by atoms with Crippen LogP contribution in [0.15, 0.2) is 120 Å². The number of rotatable bonds is 11. The van der Waals surface area contributed by atoms with E-state index in [1.807, 2.05) is 60.7 Å². The van der Waals surface area contributed by atoms with Gasteiger partial charge in [0.25, 0.3) is 11.8 Å². The number of amides is 3. The smallest absolute Gasteiger partial charge is 0.356 e. The third-order valence-corrected chi connectivity index (χ3v) is 12.1. The van der Waals surface area contributed by atoms with Crippen molar-refractivity contribution in [1.82, 2.24) is 20.2 Å². The molecule has 10 nitrogen and oxygen atoms in total. The quantitative estimate of drug-likeness (QED) is 0.0803. The highest BCUT2D eigenvalue weighted by Crippen LogP contribution is 2.45. The van der Waals surface area contributed by atoms with Crippen LogP contribution in [0.3, 0.4) is 0 Å². The summed E-state index contributed by atoms with van der Waals surface area (Å²) < 4.78 is 6.26. The fraction of sp³-hybridized carbons (Fsp3) is 0.135. The zero-order chi connectivity index (χ0) is 36.2. The highest BCUT2D eigenvalue weighted by atomic mass is 35.5. The number of carbonyl (C=O) groups excluding carboxylic acids is 4. The molecule has 2 aliphatic heterocycles. The molecule has 7 rings (SSSR count). The Morgan fingerprint density at radius 2 is 1.67 bits per heavy atom. The minimum atomic E-state index is -0.855. The molecule has 3 aromatic carbocycles. The van der Waals surface area contributed by atoms with Gasteiger partial charge >= 0.3 is 5.97 Å². The van der Waals surface area contributed by atoms with Crippen molar-refractivity contribution in [3.8, 4) is 0 Å². The molecular formula is C37H27Cl2N5O5S3. The van der Waals surface area contributed by atoms with Gasteiger partial charge in [-0.05, 0) is 41.5 Å². The Labute approximate surface area is 321 Å². The Morgan fingerprint density at radius 3 is 2.35 bits per heavy atom. The summed E-state index contributed by atoms with van der Waals surface area (Å²) in [4.78, 5) is 65.2. The zero-order valence-electron chi connectivity index (χ0n) is 26.9. The first-order chi connectivity index (χ1) is 25.3. The summed E-state index contributed by atoms with van der Waals surface area (Å²) in [7, 11) is 0. The van der Waals surface area contributed by atoms with E-state index in [4.69, 9.17) is 27.9 Å². The lowest BCUT2D eigenvalue weighted by atomic mass is 10.0. The van der Waals surface area contributed by atoms with Gasteiger partial charge in [0.15, 0.2) is 11.2 Å². The predicted molar refractivity (Wildman–Crippen MR) is 204 cm³/mol. The van der Waals surface area contributed by atoms with Crippen LogP contribution in [0, 0.1) is 0 Å². The molecule has 0 radical (unpaired) electrons. The number of esters is 1. The van der Waals surface area contributed by atoms with Crippen LogP contribution in [0.25, 0.3) is 5.57 Å². The monoisotopic (exact) mass is 787 g/mol. The van der Waals surface area contributed by atoms with E-state index in [1.54, 1.807) is 42.7 Å². The average Bonchev–Trinajstić information content (AvgIpc) is 3.64. The summed E-state index contributed by atoms with van der Waals surface area (Å²) in [5.41, 5.74) is 2.46. The van der Waals surface area contributed by atoms with Crippen LogP contribution in [0.4, 0.5) is 5.13 Å². The van der Waals surface area contributed by atoms with Crippen LogP contribution in [0.2, 0.25) is 10.0 Å². The first-order valence-corrected chi connectivity index (χ1v) is 19.4. The van der Waals surface area contributed by atoms with Crippen molar-refractivity contribution in [2.75, 3.05) is 16.8 Å². The first kappa shape index (κ1) is 35.7. The van der Waals surface area contributed by atoms with E-state index in [1.165, 1.54) is 46.0 Å². The molecular weight excluding hydrogens is 762 g/mol. The van der Waals surface area contributed by atoms with Crippen molar-refractivity contribution in [3.05, 3.63) is 147 Å². The minimum absolute atomic E-state index is 0.0410. The zero-order valence-corrected chi connectivity index (χ0v) is 30.9. The lowest BCUT2D eigenvalue weighted by Gasteiger charge is -2.49. The first-order valence-electron chi connectivity index (χ1n) is 15.8. The molecule has 0 aliphatic carbocycles. The second-order valence-corrected chi connectivity index (χ2v) is 15.5. The standard InChI is InChI=1S/C37H27Cl2N5O5S3/c38-26-14-13-24(16-27(26)39)50-20-29(45)42-30-34(47)44-31(36(48)49-32(21-8-3-1-4-9-21)22-10-5-2-6-11-22)25(19-51-35(30)44)28-18-41-37(52-28)43-33(46)23-12-7-15-40-17-23/h1-18,30,32,35H,19-20H2,(H,42,45)(H,41,43,46). The lowest BCUT2D eigenvalue weighted by Crippen LogP contribution is -2.70. The summed E-state index contributed by atoms with van der Waals surface area (Å²) in [5, 5.41) is 6.16. The summed E-state index contributed by atoms with van der Waals surface area (Å²) in [6.07, 6.45) is 3.81. The summed E-state index contributed by atoms with van der Waals surface area (Å²) in [5.74, 6) is -1.54. The Bertz CT molecular complexity index is 2130. The van der Waals surface area contributed by atoms with Gasteiger partial charge in [-0.3, -0.25) is 29.6 Å². The van der Waals surface area contributed by atoms with E-state index < -0.39 is 29.4 Å². The lowest BCUT2D eigenvalue weighted by molar-refractivity contribution is -0.154. The van der Waals surface area contributed by atoms with Crippen LogP contribution >= 0.6 is 58.1 Å². The molecule has 1 saturated heterocycles. The van der Waals surface area contributed by atoms with Crippen molar-refractivity contribution in [2.24, 2.45) is 0 Å². The molecule has 52 heavy (non-hydrogen) atoms. The number of benzene rings is 3. The number of ether oxygens (including phenoxy) is 1. The number of thioether (sulfide) groups is 2. The van der Waals surface area contributed by atoms with Crippen molar-refractivity contribution < 1.29 is 23.9 Å². The summed E-state index contributed by atoms with van der Waals surface area (Å²) >= 11 is 16.0. The van der Waals surface area contributed by atoms with Gasteiger partial charge in [-0.15, -0.1) is 23.5 Å². The largest absolute Gasteiger partial charge is 0.448 e. The van der Waals surface area contributed by atoms with E-state index in [9.17, 15) is 19.2 Å². The number of hydrogen-bond acceptors (Lipinski definition) is 10. The number of nitrogens with one attached hydrogen (secondary N) is 2. The van der Waals surface area contributed by atoms with E-state index in [2.05, 4.69) is 20.6 Å². The van der Waals surface area contributed by atoms with E-state index in [0.29, 0.717) is 36.9 Å². The molecule has 3 amide bonds. The number of fused-ring (bicyclic) bond motifs is 1. The van der Waals surface area contributed by atoms with Crippen molar-refractivity contribution in [2.45, 2.75) is 22.4 Å². The molecule has 0 bridgehead atoms. The fourth-order valence-electron chi connectivity index (χ4n) is 5.61. The molecule has 0 saturated carbocycles. The average molecular weight is 789 g/mol. The molecule has 5 aromatic rings. The number of pyridine rings is 1. The fourth-order valence-corrected chi connectivity index (χ4v) is 9.03. The third kappa shape index (κ3) is 7.74. The Balaban J connectivity index is 1.16. The maximum absolute atomic E-state index is 14.4. The summed E-state index contributed by atoms with van der Waals surface area (Å²) in [6.45, 7) is 0. The van der Waals surface area contributed by atoms with Gasteiger partial charge in [-0.25, -0.2) is 9.78 Å². The molecule has 1 fully saturated rings. The van der Waals surface area contributed by atoms with Crippen molar-refractivity contribution in [3.63, 3.8) is 0 Å². The molecule has 2 aliphatic rings. The van der Waals surface area contributed by atoms with Crippen LogP contribution in [0.1, 0.15) is 32.5 Å². The van der Waals surface area contributed by atoms with Gasteiger partial charge in [-0.1, -0.05) is 95.2 Å². The second-order valence-electron chi connectivity index (χ2n) is 11.5. The molecule has 2 unspecified atom stereocenters. The van der Waals surface area contributed by atoms with Crippen LogP contribution in [-0.2, 0) is 19.1 Å². The number of nitrogens with zero attached hydrogens (tertiary/aromatic N) is 3. The van der Waals surface area contributed by atoms with Crippen LogP contribution in [-0.4, -0.2) is 61.5 Å². The summed E-state index contributed by atoms with van der Waals surface area (Å²) in [6, 6.07) is 26.2. The predicted octanol–water partition coefficient (Wildman–Crippen LogP) is 7.33. The Hall–Kier alpha value is -4.66. The molecule has 2 aromatic heterocycles. The molecule has 15 heteroatoms. The maximum Gasteiger partial charge on any atom is 0.356 e. The van der Waals surface area contributed by atoms with E-state index in [0.717, 1.165) is 16.0 Å². The number of β-lactam (4-membered cyclic amide) rings is 1. The number of aromatic nitrogens is 2. The van der Waals surface area contributed by atoms with E-state index >= 15 is 0 Å². The molecule has 2 N–H and O–H groups in total. The van der Waals surface area contributed by atoms with Gasteiger partial charge in [0.1, 0.15) is 17.1 Å². The van der Waals surface area contributed by atoms with Crippen molar-refractivity contribution >= 4 is 92.5 Å². The Kier molecular flexibility index (Phi) is 10.9. The topological polar surface area (TPSA) is 131 Å². The highest BCUT2D eigenvalue weighted by Gasteiger charge is 2.55. The van der Waals surface area contributed by atoms with Crippen LogP contribution in [0.5, 0.6) is 0 Å². The molecule has 4 heterocycles. The highest BCUT2D eigenvalue weighted by molar-refractivity contribution is 8.00. The van der Waals surface area contributed by atoms with Gasteiger partial charge in [-0.2, -0.15) is 0 Å². The van der Waals surface area contributed by atoms with Crippen LogP contribution < -0.4 is 10.6 Å². The number of anilines is 1. The SMILES string of the molecule is O=C(CSc1ccc(Cl)c(Cl)c1)NC1C(=O)N2C(C(=O)OC(c3ccccc3)c3ccccc3)=C(c3cnc(NC(=O)c4cccnc4)s3)CSC12. The molecule has 2 atom stereocenters. The van der Waals surface area contributed by atoms with Gasteiger partial charge in [0.05, 0.1) is 26.2 Å². The second kappa shape index (κ2) is 15.9. The number of carbonyl (C=O) groups is 4. The van der Waals surface area contributed by atoms with Gasteiger partial charge in [0.2, 0.25) is 5.91 Å².